The van der Waals surface area contributed by atoms with Crippen LogP contribution in [0.15, 0.2) is 34.1 Å². The zero-order valence-electron chi connectivity index (χ0n) is 10.5. The van der Waals surface area contributed by atoms with Gasteiger partial charge in [0.1, 0.15) is 4.34 Å². The van der Waals surface area contributed by atoms with E-state index in [0.29, 0.717) is 0 Å². The molecule has 0 atom stereocenters. The number of hydrogen-bond acceptors (Lipinski definition) is 5. The van der Waals surface area contributed by atoms with Gasteiger partial charge in [-0.05, 0) is 18.2 Å². The number of carbonyl (C=O) groups is 1. The average molecular weight is 333 g/mol. The summed E-state index contributed by atoms with van der Waals surface area (Å²) in [5.41, 5.74) is 4.00. The van der Waals surface area contributed by atoms with Crippen molar-refractivity contribution < 1.29 is 18.0 Å². The number of nitrogens with zero attached hydrogens (tertiary/aromatic N) is 1. The fourth-order valence-corrected chi connectivity index (χ4v) is 2.92. The Morgan fingerprint density at radius 2 is 2.19 bits per heavy atom. The molecule has 0 spiro atoms. The van der Waals surface area contributed by atoms with Gasteiger partial charge in [-0.25, -0.2) is 4.98 Å². The molecule has 9 heteroatoms. The molecule has 21 heavy (non-hydrogen) atoms. The lowest BCUT2D eigenvalue weighted by molar-refractivity contribution is -0.136. The highest BCUT2D eigenvalue weighted by atomic mass is 32.2. The van der Waals surface area contributed by atoms with Crippen molar-refractivity contribution in [3.8, 4) is 0 Å². The number of amides is 1. The second-order valence-corrected chi connectivity index (χ2v) is 6.05. The number of aromatic nitrogens is 1. The standard InChI is InChI=1S/C12H10F3N3OS2/c13-12(14,15)8-5-7(1-2-9(8)16)18-10(19)6-21-11-17-3-4-20-11/h1-5H,6,16H2,(H,18,19). The van der Waals surface area contributed by atoms with Crippen molar-refractivity contribution in [1.82, 2.24) is 4.98 Å². The summed E-state index contributed by atoms with van der Waals surface area (Å²) in [6.45, 7) is 0. The monoisotopic (exact) mass is 333 g/mol. The minimum Gasteiger partial charge on any atom is -0.398 e. The first-order valence-corrected chi connectivity index (χ1v) is 7.51. The molecule has 0 fully saturated rings. The maximum Gasteiger partial charge on any atom is 0.418 e. The van der Waals surface area contributed by atoms with Crippen LogP contribution in [-0.4, -0.2) is 16.6 Å². The third-order valence-electron chi connectivity index (χ3n) is 2.38. The van der Waals surface area contributed by atoms with E-state index in [1.807, 2.05) is 0 Å². The van der Waals surface area contributed by atoms with Crippen LogP contribution in [0.1, 0.15) is 5.56 Å². The molecule has 0 bridgehead atoms. The Morgan fingerprint density at radius 3 is 2.81 bits per heavy atom. The Hall–Kier alpha value is -1.74. The zero-order chi connectivity index (χ0) is 15.5. The molecular weight excluding hydrogens is 323 g/mol. The van der Waals surface area contributed by atoms with Crippen molar-refractivity contribution in [3.05, 3.63) is 35.3 Å². The molecule has 1 amide bonds. The van der Waals surface area contributed by atoms with Crippen LogP contribution in [0.3, 0.4) is 0 Å². The Morgan fingerprint density at radius 1 is 1.43 bits per heavy atom. The lowest BCUT2D eigenvalue weighted by Gasteiger charge is -2.12. The highest BCUT2D eigenvalue weighted by Gasteiger charge is 2.33. The first kappa shape index (κ1) is 15.6. The van der Waals surface area contributed by atoms with E-state index in [9.17, 15) is 18.0 Å². The van der Waals surface area contributed by atoms with Crippen LogP contribution < -0.4 is 11.1 Å². The van der Waals surface area contributed by atoms with E-state index >= 15 is 0 Å². The largest absolute Gasteiger partial charge is 0.418 e. The van der Waals surface area contributed by atoms with Crippen molar-refractivity contribution in [2.75, 3.05) is 16.8 Å². The van der Waals surface area contributed by atoms with Gasteiger partial charge in [0.25, 0.3) is 0 Å². The Kier molecular flexibility index (Phi) is 4.73. The molecule has 2 rings (SSSR count). The van der Waals surface area contributed by atoms with Gasteiger partial charge >= 0.3 is 6.18 Å². The molecule has 1 aromatic carbocycles. The normalized spacial score (nSPS) is 11.4. The van der Waals surface area contributed by atoms with Gasteiger partial charge in [0.15, 0.2) is 0 Å². The molecule has 0 saturated carbocycles. The molecule has 0 aliphatic heterocycles. The van der Waals surface area contributed by atoms with Crippen molar-refractivity contribution in [2.24, 2.45) is 0 Å². The van der Waals surface area contributed by atoms with Gasteiger partial charge in [-0.1, -0.05) is 11.8 Å². The SMILES string of the molecule is Nc1ccc(NC(=O)CSc2nccs2)cc1C(F)(F)F. The maximum absolute atomic E-state index is 12.7. The van der Waals surface area contributed by atoms with E-state index in [4.69, 9.17) is 5.73 Å². The molecule has 1 aromatic heterocycles. The van der Waals surface area contributed by atoms with Crippen molar-refractivity contribution in [3.63, 3.8) is 0 Å². The summed E-state index contributed by atoms with van der Waals surface area (Å²) in [6, 6.07) is 3.27. The summed E-state index contributed by atoms with van der Waals surface area (Å²) in [6.07, 6.45) is -2.94. The third kappa shape index (κ3) is 4.36. The number of thiazole rings is 1. The van der Waals surface area contributed by atoms with Crippen LogP contribution in [0, 0.1) is 0 Å². The predicted octanol–water partition coefficient (Wildman–Crippen LogP) is 3.47. The van der Waals surface area contributed by atoms with Gasteiger partial charge in [0, 0.05) is 23.0 Å². The van der Waals surface area contributed by atoms with Crippen LogP contribution in [0.5, 0.6) is 0 Å². The van der Waals surface area contributed by atoms with E-state index in [-0.39, 0.29) is 17.1 Å². The Labute approximate surface area is 126 Å². The molecule has 0 unspecified atom stereocenters. The number of carbonyl (C=O) groups excluding carboxylic acids is 1. The number of rotatable bonds is 4. The highest BCUT2D eigenvalue weighted by molar-refractivity contribution is 8.01. The second-order valence-electron chi connectivity index (χ2n) is 3.93. The fourth-order valence-electron chi connectivity index (χ4n) is 1.49. The molecule has 0 radical (unpaired) electrons. The number of anilines is 2. The minimum absolute atomic E-state index is 0.0567. The number of thioether (sulfide) groups is 1. The first-order chi connectivity index (χ1) is 9.86. The van der Waals surface area contributed by atoms with Crippen LogP contribution in [0.25, 0.3) is 0 Å². The van der Waals surface area contributed by atoms with Crippen LogP contribution >= 0.6 is 23.1 Å². The lowest BCUT2D eigenvalue weighted by Crippen LogP contribution is -2.15. The highest BCUT2D eigenvalue weighted by Crippen LogP contribution is 2.35. The number of nitrogen functional groups attached to an aromatic ring is 1. The maximum atomic E-state index is 12.7. The zero-order valence-corrected chi connectivity index (χ0v) is 12.1. The number of halogens is 3. The molecule has 0 aliphatic rings. The topological polar surface area (TPSA) is 68.0 Å². The summed E-state index contributed by atoms with van der Waals surface area (Å²) in [5, 5.41) is 4.18. The first-order valence-electron chi connectivity index (χ1n) is 5.65. The molecular formula is C12H10F3N3OS2. The smallest absolute Gasteiger partial charge is 0.398 e. The lowest BCUT2D eigenvalue weighted by atomic mass is 10.1. The second kappa shape index (κ2) is 6.35. The summed E-state index contributed by atoms with van der Waals surface area (Å²) in [4.78, 5) is 15.7. The average Bonchev–Trinajstić information content (AvgIpc) is 2.90. The van der Waals surface area contributed by atoms with Crippen molar-refractivity contribution in [2.45, 2.75) is 10.5 Å². The van der Waals surface area contributed by atoms with Crippen LogP contribution in [-0.2, 0) is 11.0 Å². The van der Waals surface area contributed by atoms with Crippen LogP contribution in [0.4, 0.5) is 24.5 Å². The predicted molar refractivity (Wildman–Crippen MR) is 77.3 cm³/mol. The third-order valence-corrected chi connectivity index (χ3v) is 4.34. The van der Waals surface area contributed by atoms with E-state index in [1.54, 1.807) is 11.6 Å². The summed E-state index contributed by atoms with van der Waals surface area (Å²) < 4.78 is 38.8. The van der Waals surface area contributed by atoms with Crippen LogP contribution in [0.2, 0.25) is 0 Å². The van der Waals surface area contributed by atoms with E-state index in [0.717, 1.165) is 16.5 Å². The van der Waals surface area contributed by atoms with Crippen molar-refractivity contribution >= 4 is 40.4 Å². The van der Waals surface area contributed by atoms with Gasteiger partial charge in [0.05, 0.1) is 11.3 Å². The van der Waals surface area contributed by atoms with Gasteiger partial charge < -0.3 is 11.1 Å². The van der Waals surface area contributed by atoms with Gasteiger partial charge in [-0.3, -0.25) is 4.79 Å². The minimum atomic E-state index is -4.56. The molecule has 3 N–H and O–H groups in total. The summed E-state index contributed by atoms with van der Waals surface area (Å²) in [7, 11) is 0. The number of benzene rings is 1. The van der Waals surface area contributed by atoms with E-state index < -0.39 is 17.6 Å². The Bertz CT molecular complexity index is 629. The molecule has 0 aliphatic carbocycles. The fraction of sp³-hybridized carbons (Fsp3) is 0.167. The summed E-state index contributed by atoms with van der Waals surface area (Å²) >= 11 is 2.60. The van der Waals surface area contributed by atoms with Gasteiger partial charge in [-0.2, -0.15) is 13.2 Å². The van der Waals surface area contributed by atoms with Gasteiger partial charge in [-0.15, -0.1) is 11.3 Å². The molecule has 1 heterocycles. The van der Waals surface area contributed by atoms with E-state index in [2.05, 4.69) is 10.3 Å². The number of nitrogens with one attached hydrogen (secondary N) is 1. The number of hydrogen-bond donors (Lipinski definition) is 2. The Balaban J connectivity index is 2.01. The molecule has 0 saturated heterocycles. The molecule has 112 valence electrons. The van der Waals surface area contributed by atoms with Crippen molar-refractivity contribution in [1.29, 1.82) is 0 Å². The molecule has 4 nitrogen and oxygen atoms in total. The summed E-state index contributed by atoms with van der Waals surface area (Å²) in [5.74, 6) is -0.340. The number of nitrogens with two attached hydrogens (primary N) is 1. The van der Waals surface area contributed by atoms with Gasteiger partial charge in [0.2, 0.25) is 5.91 Å². The molecule has 2 aromatic rings. The van der Waals surface area contributed by atoms with E-state index in [1.165, 1.54) is 29.2 Å². The number of alkyl halides is 3. The quantitative estimate of drug-likeness (QED) is 0.664.